The molecule has 1 N–H and O–H groups in total. The minimum atomic E-state index is 0.181. The average molecular weight is 281 g/mol. The molecule has 0 saturated carbocycles. The maximum absolute atomic E-state index is 5.96. The predicted octanol–water partition coefficient (Wildman–Crippen LogP) is 2.04. The van der Waals surface area contributed by atoms with Gasteiger partial charge in [0, 0.05) is 42.7 Å². The lowest BCUT2D eigenvalue weighted by Gasteiger charge is -2.28. The van der Waals surface area contributed by atoms with E-state index in [2.05, 4.69) is 29.1 Å². The van der Waals surface area contributed by atoms with Crippen LogP contribution in [0.3, 0.4) is 0 Å². The zero-order chi connectivity index (χ0) is 13.2. The largest absolute Gasteiger partial charge is 0.372 e. The number of thioether (sulfide) groups is 1. The molecule has 0 aromatic carbocycles. The molecule has 3 rings (SSSR count). The quantitative estimate of drug-likeness (QED) is 0.920. The van der Waals surface area contributed by atoms with Gasteiger partial charge in [-0.2, -0.15) is 16.9 Å². The molecule has 3 atom stereocenters. The second kappa shape index (κ2) is 5.85. The van der Waals surface area contributed by atoms with E-state index in [1.165, 1.54) is 35.6 Å². The molecule has 106 valence electrons. The van der Waals surface area contributed by atoms with Crippen molar-refractivity contribution in [3.05, 3.63) is 17.5 Å². The summed E-state index contributed by atoms with van der Waals surface area (Å²) < 4.78 is 7.90. The highest BCUT2D eigenvalue weighted by Crippen LogP contribution is 2.32. The Morgan fingerprint density at radius 2 is 2.37 bits per heavy atom. The van der Waals surface area contributed by atoms with Crippen molar-refractivity contribution in [2.24, 2.45) is 7.05 Å². The van der Waals surface area contributed by atoms with Gasteiger partial charge in [-0.1, -0.05) is 0 Å². The smallest absolute Gasteiger partial charge is 0.101 e. The van der Waals surface area contributed by atoms with Crippen molar-refractivity contribution < 1.29 is 4.74 Å². The fraction of sp³-hybridized carbons (Fsp3) is 0.786. The third-order valence-corrected chi connectivity index (χ3v) is 5.50. The highest BCUT2D eigenvalue weighted by atomic mass is 32.2. The first-order valence-electron chi connectivity index (χ1n) is 7.19. The first kappa shape index (κ1) is 13.5. The van der Waals surface area contributed by atoms with Crippen LogP contribution < -0.4 is 5.32 Å². The van der Waals surface area contributed by atoms with Gasteiger partial charge in [0.1, 0.15) is 6.10 Å². The zero-order valence-corrected chi connectivity index (χ0v) is 12.6. The molecular formula is C14H23N3OS. The first-order valence-corrected chi connectivity index (χ1v) is 8.35. The Balaban J connectivity index is 1.69. The predicted molar refractivity (Wildman–Crippen MR) is 78.5 cm³/mol. The standard InChI is InChI=1S/C14H23N3OS/c1-10-12(8-15-17(10)2)14-13(5-6-18-14)16-11-4-3-7-19-9-11/h8,11,13-14,16H,3-7,9H2,1-2H3/t11-,13+,14-/m1/s1. The first-order chi connectivity index (χ1) is 9.25. The van der Waals surface area contributed by atoms with E-state index in [1.807, 2.05) is 17.9 Å². The third kappa shape index (κ3) is 2.83. The number of aromatic nitrogens is 2. The maximum Gasteiger partial charge on any atom is 0.101 e. The highest BCUT2D eigenvalue weighted by Gasteiger charge is 2.33. The van der Waals surface area contributed by atoms with E-state index in [0.717, 1.165) is 13.0 Å². The number of nitrogens with one attached hydrogen (secondary N) is 1. The molecule has 2 saturated heterocycles. The molecule has 1 aromatic heterocycles. The molecule has 5 heteroatoms. The Bertz CT molecular complexity index is 428. The number of hydrogen-bond donors (Lipinski definition) is 1. The van der Waals surface area contributed by atoms with Gasteiger partial charge >= 0.3 is 0 Å². The lowest BCUT2D eigenvalue weighted by Crippen LogP contribution is -2.42. The van der Waals surface area contributed by atoms with Crippen LogP contribution in [0.4, 0.5) is 0 Å². The van der Waals surface area contributed by atoms with Crippen molar-refractivity contribution in [1.29, 1.82) is 0 Å². The Morgan fingerprint density at radius 3 is 3.05 bits per heavy atom. The molecule has 1 aromatic rings. The summed E-state index contributed by atoms with van der Waals surface area (Å²) in [4.78, 5) is 0. The minimum Gasteiger partial charge on any atom is -0.372 e. The number of rotatable bonds is 3. The van der Waals surface area contributed by atoms with Crippen LogP contribution in [0, 0.1) is 6.92 Å². The normalized spacial score (nSPS) is 31.8. The van der Waals surface area contributed by atoms with Crippen LogP contribution >= 0.6 is 11.8 Å². The summed E-state index contributed by atoms with van der Waals surface area (Å²) in [5.74, 6) is 2.57. The van der Waals surface area contributed by atoms with Gasteiger partial charge < -0.3 is 10.1 Å². The van der Waals surface area contributed by atoms with E-state index in [4.69, 9.17) is 4.74 Å². The van der Waals surface area contributed by atoms with Crippen molar-refractivity contribution >= 4 is 11.8 Å². The van der Waals surface area contributed by atoms with Gasteiger partial charge in [-0.15, -0.1) is 0 Å². The second-order valence-electron chi connectivity index (χ2n) is 5.58. The Morgan fingerprint density at radius 1 is 1.47 bits per heavy atom. The Kier molecular flexibility index (Phi) is 4.15. The van der Waals surface area contributed by atoms with Crippen LogP contribution in [0.1, 0.15) is 36.6 Å². The van der Waals surface area contributed by atoms with Crippen LogP contribution in [0.5, 0.6) is 0 Å². The number of nitrogens with zero attached hydrogens (tertiary/aromatic N) is 2. The molecule has 2 fully saturated rings. The molecule has 0 unspecified atom stereocenters. The third-order valence-electron chi connectivity index (χ3n) is 4.28. The van der Waals surface area contributed by atoms with E-state index < -0.39 is 0 Å². The number of hydrogen-bond acceptors (Lipinski definition) is 4. The number of aryl methyl sites for hydroxylation is 1. The van der Waals surface area contributed by atoms with Crippen molar-refractivity contribution in [3.63, 3.8) is 0 Å². The topological polar surface area (TPSA) is 39.1 Å². The molecular weight excluding hydrogens is 258 g/mol. The minimum absolute atomic E-state index is 0.181. The van der Waals surface area contributed by atoms with E-state index in [9.17, 15) is 0 Å². The summed E-state index contributed by atoms with van der Waals surface area (Å²) >= 11 is 2.07. The maximum atomic E-state index is 5.96. The lowest BCUT2D eigenvalue weighted by atomic mass is 10.0. The molecule has 2 aliphatic rings. The Labute approximate surface area is 119 Å². The molecule has 2 aliphatic heterocycles. The summed E-state index contributed by atoms with van der Waals surface area (Å²) in [6, 6.07) is 1.11. The molecule has 19 heavy (non-hydrogen) atoms. The molecule has 0 radical (unpaired) electrons. The SMILES string of the molecule is Cc1c([C@H]2OCC[C@@H]2N[C@@H]2CCCSC2)cnn1C. The average Bonchev–Trinajstić information content (AvgIpc) is 2.99. The zero-order valence-electron chi connectivity index (χ0n) is 11.8. The summed E-state index contributed by atoms with van der Waals surface area (Å²) in [7, 11) is 1.99. The summed E-state index contributed by atoms with van der Waals surface area (Å²) in [5, 5.41) is 8.17. The number of ether oxygens (including phenoxy) is 1. The van der Waals surface area contributed by atoms with Gasteiger partial charge in [0.25, 0.3) is 0 Å². The fourth-order valence-corrected chi connectivity index (χ4v) is 4.12. The van der Waals surface area contributed by atoms with E-state index in [1.54, 1.807) is 0 Å². The van der Waals surface area contributed by atoms with Crippen LogP contribution in [0.2, 0.25) is 0 Å². The fourth-order valence-electron chi connectivity index (χ4n) is 3.04. The van der Waals surface area contributed by atoms with Crippen LogP contribution in [0.15, 0.2) is 6.20 Å². The summed E-state index contributed by atoms with van der Waals surface area (Å²) in [5.41, 5.74) is 2.47. The summed E-state index contributed by atoms with van der Waals surface area (Å²) in [6.07, 6.45) is 5.91. The molecule has 0 aliphatic carbocycles. The van der Waals surface area contributed by atoms with Crippen molar-refractivity contribution in [2.45, 2.75) is 44.4 Å². The molecule has 4 nitrogen and oxygen atoms in total. The van der Waals surface area contributed by atoms with Gasteiger partial charge in [-0.25, -0.2) is 0 Å². The second-order valence-corrected chi connectivity index (χ2v) is 6.73. The van der Waals surface area contributed by atoms with Crippen LogP contribution in [0.25, 0.3) is 0 Å². The molecule has 0 amide bonds. The molecule has 0 spiro atoms. The van der Waals surface area contributed by atoms with E-state index in [0.29, 0.717) is 12.1 Å². The Hall–Kier alpha value is -0.520. The van der Waals surface area contributed by atoms with Crippen molar-refractivity contribution in [3.8, 4) is 0 Å². The van der Waals surface area contributed by atoms with Crippen molar-refractivity contribution in [2.75, 3.05) is 18.1 Å². The van der Waals surface area contributed by atoms with E-state index >= 15 is 0 Å². The van der Waals surface area contributed by atoms with Gasteiger partial charge in [0.05, 0.1) is 6.20 Å². The highest BCUT2D eigenvalue weighted by molar-refractivity contribution is 7.99. The summed E-state index contributed by atoms with van der Waals surface area (Å²) in [6.45, 7) is 2.98. The monoisotopic (exact) mass is 281 g/mol. The lowest BCUT2D eigenvalue weighted by molar-refractivity contribution is 0.0960. The van der Waals surface area contributed by atoms with Crippen molar-refractivity contribution in [1.82, 2.24) is 15.1 Å². The van der Waals surface area contributed by atoms with Gasteiger partial charge in [-0.05, 0) is 31.9 Å². The molecule has 0 bridgehead atoms. The molecule has 3 heterocycles. The van der Waals surface area contributed by atoms with Gasteiger partial charge in [0.15, 0.2) is 0 Å². The van der Waals surface area contributed by atoms with Gasteiger partial charge in [-0.3, -0.25) is 4.68 Å². The van der Waals surface area contributed by atoms with Gasteiger partial charge in [0.2, 0.25) is 0 Å². The van der Waals surface area contributed by atoms with Crippen LogP contribution in [-0.4, -0.2) is 40.0 Å². The van der Waals surface area contributed by atoms with E-state index in [-0.39, 0.29) is 6.10 Å². The van der Waals surface area contributed by atoms with Crippen LogP contribution in [-0.2, 0) is 11.8 Å².